The SMILES string of the molecule is O=C(O)C1CC=C(c2nn(C(=O)c3c(Cl)cccc3C3CCC3)c3c2CCOC3)CC1. The average Bonchev–Trinajstić information content (AvgIpc) is 3.12. The maximum Gasteiger partial charge on any atom is 0.306 e. The number of ether oxygens (including phenoxy) is 1. The molecule has 1 fully saturated rings. The van der Waals surface area contributed by atoms with E-state index in [2.05, 4.69) is 0 Å². The first-order valence-corrected chi connectivity index (χ1v) is 11.4. The summed E-state index contributed by atoms with van der Waals surface area (Å²) in [5.41, 5.74) is 5.21. The van der Waals surface area contributed by atoms with Crippen molar-refractivity contribution in [2.24, 2.45) is 5.92 Å². The average molecular weight is 441 g/mol. The number of halogens is 1. The van der Waals surface area contributed by atoms with Gasteiger partial charge in [0.25, 0.3) is 5.91 Å². The van der Waals surface area contributed by atoms with Crippen LogP contribution in [0.1, 0.15) is 77.3 Å². The minimum Gasteiger partial charge on any atom is -0.481 e. The molecule has 5 rings (SSSR count). The van der Waals surface area contributed by atoms with Gasteiger partial charge in [-0.2, -0.15) is 9.78 Å². The molecule has 3 aliphatic rings. The molecule has 0 bridgehead atoms. The smallest absolute Gasteiger partial charge is 0.306 e. The highest BCUT2D eigenvalue weighted by Gasteiger charge is 2.32. The maximum absolute atomic E-state index is 13.7. The van der Waals surface area contributed by atoms with Gasteiger partial charge in [-0.05, 0) is 61.6 Å². The fourth-order valence-corrected chi connectivity index (χ4v) is 5.13. The topological polar surface area (TPSA) is 81.4 Å². The molecule has 1 N–H and O–H groups in total. The summed E-state index contributed by atoms with van der Waals surface area (Å²) in [6, 6.07) is 5.68. The van der Waals surface area contributed by atoms with Gasteiger partial charge < -0.3 is 9.84 Å². The van der Waals surface area contributed by atoms with Gasteiger partial charge in [-0.3, -0.25) is 9.59 Å². The van der Waals surface area contributed by atoms with Gasteiger partial charge in [0.15, 0.2) is 0 Å². The van der Waals surface area contributed by atoms with Crippen molar-refractivity contribution < 1.29 is 19.4 Å². The van der Waals surface area contributed by atoms with E-state index in [9.17, 15) is 14.7 Å². The number of allylic oxidation sites excluding steroid dienone is 2. The molecule has 1 aliphatic heterocycles. The van der Waals surface area contributed by atoms with Crippen LogP contribution < -0.4 is 0 Å². The number of benzene rings is 1. The number of hydrogen-bond donors (Lipinski definition) is 1. The molecule has 2 aromatic rings. The zero-order chi connectivity index (χ0) is 21.5. The molecule has 162 valence electrons. The van der Waals surface area contributed by atoms with Crippen molar-refractivity contribution in [1.29, 1.82) is 0 Å². The molecule has 2 aliphatic carbocycles. The van der Waals surface area contributed by atoms with E-state index in [1.54, 1.807) is 6.07 Å². The van der Waals surface area contributed by atoms with Gasteiger partial charge in [-0.25, -0.2) is 0 Å². The first-order valence-electron chi connectivity index (χ1n) is 11.0. The first-order chi connectivity index (χ1) is 15.0. The Labute approximate surface area is 185 Å². The number of carboxylic acids is 1. The fourth-order valence-electron chi connectivity index (χ4n) is 4.87. The van der Waals surface area contributed by atoms with Crippen LogP contribution in [0.15, 0.2) is 24.3 Å². The molecule has 0 amide bonds. The Morgan fingerprint density at radius 1 is 1.19 bits per heavy atom. The van der Waals surface area contributed by atoms with Crippen LogP contribution in [0, 0.1) is 5.92 Å². The number of carbonyl (C=O) groups excluding carboxylic acids is 1. The molecular formula is C24H25ClN2O4. The molecule has 1 aromatic carbocycles. The number of hydrogen-bond acceptors (Lipinski definition) is 4. The zero-order valence-corrected chi connectivity index (χ0v) is 18.0. The predicted octanol–water partition coefficient (Wildman–Crippen LogP) is 4.83. The highest BCUT2D eigenvalue weighted by atomic mass is 35.5. The zero-order valence-electron chi connectivity index (χ0n) is 17.3. The number of carbonyl (C=O) groups is 2. The van der Waals surface area contributed by atoms with Crippen LogP contribution in [-0.4, -0.2) is 33.4 Å². The van der Waals surface area contributed by atoms with Crippen molar-refractivity contribution in [2.75, 3.05) is 6.61 Å². The Bertz CT molecular complexity index is 1080. The minimum atomic E-state index is -0.756. The molecule has 1 aromatic heterocycles. The summed E-state index contributed by atoms with van der Waals surface area (Å²) in [7, 11) is 0. The summed E-state index contributed by atoms with van der Waals surface area (Å²) in [6.45, 7) is 0.923. The van der Waals surface area contributed by atoms with Crippen LogP contribution in [0.4, 0.5) is 0 Å². The number of aliphatic carboxylic acids is 1. The number of rotatable bonds is 4. The Balaban J connectivity index is 1.56. The van der Waals surface area contributed by atoms with Crippen LogP contribution in [0.2, 0.25) is 5.02 Å². The summed E-state index contributed by atoms with van der Waals surface area (Å²) < 4.78 is 7.15. The molecule has 1 unspecified atom stereocenters. The Hall–Kier alpha value is -2.44. The van der Waals surface area contributed by atoms with Crippen LogP contribution in [0.5, 0.6) is 0 Å². The van der Waals surface area contributed by atoms with Crippen molar-refractivity contribution in [2.45, 2.75) is 57.5 Å². The lowest BCUT2D eigenvalue weighted by molar-refractivity contribution is -0.141. The Morgan fingerprint density at radius 3 is 2.71 bits per heavy atom. The highest BCUT2D eigenvalue weighted by molar-refractivity contribution is 6.34. The van der Waals surface area contributed by atoms with Crippen molar-refractivity contribution in [3.8, 4) is 0 Å². The van der Waals surface area contributed by atoms with Crippen LogP contribution in [0.3, 0.4) is 0 Å². The number of fused-ring (bicyclic) bond motifs is 1. The Morgan fingerprint density at radius 2 is 2.03 bits per heavy atom. The van der Waals surface area contributed by atoms with Gasteiger partial charge in [0, 0.05) is 5.56 Å². The quantitative estimate of drug-likeness (QED) is 0.736. The normalized spacial score (nSPS) is 21.2. The van der Waals surface area contributed by atoms with Crippen molar-refractivity contribution in [1.82, 2.24) is 9.78 Å². The summed E-state index contributed by atoms with van der Waals surface area (Å²) in [5, 5.41) is 14.5. The summed E-state index contributed by atoms with van der Waals surface area (Å²) >= 11 is 6.52. The number of aromatic nitrogens is 2. The van der Waals surface area contributed by atoms with E-state index in [1.165, 1.54) is 11.1 Å². The van der Waals surface area contributed by atoms with E-state index in [0.717, 1.165) is 40.9 Å². The van der Waals surface area contributed by atoms with Crippen LogP contribution in [0.25, 0.3) is 5.57 Å². The number of carboxylic acid groups (broad SMARTS) is 1. The van der Waals surface area contributed by atoms with E-state index in [1.807, 2.05) is 18.2 Å². The van der Waals surface area contributed by atoms with Crippen LogP contribution in [-0.2, 0) is 22.6 Å². The van der Waals surface area contributed by atoms with Gasteiger partial charge >= 0.3 is 5.97 Å². The van der Waals surface area contributed by atoms with Gasteiger partial charge in [-0.15, -0.1) is 0 Å². The van der Waals surface area contributed by atoms with E-state index in [0.29, 0.717) is 55.4 Å². The molecule has 7 heteroatoms. The fraction of sp³-hybridized carbons (Fsp3) is 0.458. The monoisotopic (exact) mass is 440 g/mol. The summed E-state index contributed by atoms with van der Waals surface area (Å²) in [4.78, 5) is 25.0. The Kier molecular flexibility index (Phi) is 5.44. The van der Waals surface area contributed by atoms with E-state index < -0.39 is 5.97 Å². The largest absolute Gasteiger partial charge is 0.481 e. The van der Waals surface area contributed by atoms with Crippen molar-refractivity contribution in [3.63, 3.8) is 0 Å². The molecule has 1 saturated carbocycles. The molecular weight excluding hydrogens is 416 g/mol. The minimum absolute atomic E-state index is 0.208. The third kappa shape index (κ3) is 3.62. The third-order valence-corrected chi connectivity index (χ3v) is 7.20. The van der Waals surface area contributed by atoms with E-state index >= 15 is 0 Å². The second-order valence-electron chi connectivity index (χ2n) is 8.66. The standard InChI is InChI=1S/C24H25ClN2O4/c25-19-6-2-5-17(14-3-1-4-14)21(19)23(28)27-20-13-31-12-11-18(20)22(26-27)15-7-9-16(10-8-15)24(29)30/h2,5-7,14,16H,1,3-4,8-13H2,(H,29,30). The molecule has 0 spiro atoms. The molecule has 0 radical (unpaired) electrons. The lowest BCUT2D eigenvalue weighted by Gasteiger charge is -2.28. The second-order valence-corrected chi connectivity index (χ2v) is 9.07. The molecule has 1 atom stereocenters. The van der Waals surface area contributed by atoms with Gasteiger partial charge in [-0.1, -0.05) is 36.2 Å². The van der Waals surface area contributed by atoms with Gasteiger partial charge in [0.2, 0.25) is 0 Å². The van der Waals surface area contributed by atoms with Gasteiger partial charge in [0.1, 0.15) is 0 Å². The third-order valence-electron chi connectivity index (χ3n) is 6.89. The van der Waals surface area contributed by atoms with E-state index in [4.69, 9.17) is 21.4 Å². The van der Waals surface area contributed by atoms with E-state index in [-0.39, 0.29) is 11.8 Å². The molecule has 2 heterocycles. The lowest BCUT2D eigenvalue weighted by atomic mass is 9.78. The second kappa shape index (κ2) is 8.24. The van der Waals surface area contributed by atoms with Crippen LogP contribution >= 0.6 is 11.6 Å². The number of nitrogens with zero attached hydrogens (tertiary/aromatic N) is 2. The molecule has 0 saturated heterocycles. The highest BCUT2D eigenvalue weighted by Crippen LogP contribution is 2.40. The first kappa shape index (κ1) is 20.5. The van der Waals surface area contributed by atoms with Crippen molar-refractivity contribution >= 4 is 29.1 Å². The molecule has 6 nitrogen and oxygen atoms in total. The van der Waals surface area contributed by atoms with Crippen molar-refractivity contribution in [3.05, 3.63) is 57.4 Å². The summed E-state index contributed by atoms with van der Waals surface area (Å²) in [6.07, 6.45) is 7.71. The lowest BCUT2D eigenvalue weighted by Crippen LogP contribution is -2.23. The maximum atomic E-state index is 13.7. The van der Waals surface area contributed by atoms with Gasteiger partial charge in [0.05, 0.1) is 41.1 Å². The predicted molar refractivity (Wildman–Crippen MR) is 116 cm³/mol. The molecule has 31 heavy (non-hydrogen) atoms. The summed E-state index contributed by atoms with van der Waals surface area (Å²) in [5.74, 6) is -0.942.